The Bertz CT molecular complexity index is 466. The van der Waals surface area contributed by atoms with E-state index in [9.17, 15) is 4.21 Å². The van der Waals surface area contributed by atoms with Crippen LogP contribution in [0.2, 0.25) is 0 Å². The first-order valence-electron chi connectivity index (χ1n) is 7.79. The normalized spacial score (nSPS) is 19.1. The van der Waals surface area contributed by atoms with Crippen LogP contribution in [0.4, 0.5) is 0 Å². The minimum absolute atomic E-state index is 0.223. The molecule has 1 N–H and O–H groups in total. The van der Waals surface area contributed by atoms with Crippen LogP contribution in [0.3, 0.4) is 0 Å². The third kappa shape index (κ3) is 3.92. The molecule has 2 atom stereocenters. The summed E-state index contributed by atoms with van der Waals surface area (Å²) >= 11 is 0. The van der Waals surface area contributed by atoms with Crippen molar-refractivity contribution in [3.8, 4) is 0 Å². The number of benzene rings is 1. The van der Waals surface area contributed by atoms with Crippen LogP contribution in [0, 0.1) is 13.8 Å². The van der Waals surface area contributed by atoms with E-state index in [1.807, 2.05) is 0 Å². The van der Waals surface area contributed by atoms with Crippen LogP contribution in [-0.4, -0.2) is 21.8 Å². The fourth-order valence-electron chi connectivity index (χ4n) is 2.95. The lowest BCUT2D eigenvalue weighted by Gasteiger charge is -2.21. The predicted octanol–water partition coefficient (Wildman–Crippen LogP) is 3.65. The first kappa shape index (κ1) is 15.7. The smallest absolute Gasteiger partial charge is 0.0436 e. The zero-order valence-corrected chi connectivity index (χ0v) is 13.8. The summed E-state index contributed by atoms with van der Waals surface area (Å²) in [5, 5.41) is 3.94. The average Bonchev–Trinajstić information content (AvgIpc) is 2.95. The zero-order valence-electron chi connectivity index (χ0n) is 12.9. The number of rotatable bonds is 6. The number of aryl methyl sites for hydroxylation is 2. The Labute approximate surface area is 125 Å². The van der Waals surface area contributed by atoms with Gasteiger partial charge in [-0.1, -0.05) is 38.0 Å². The van der Waals surface area contributed by atoms with Gasteiger partial charge in [-0.3, -0.25) is 4.21 Å². The van der Waals surface area contributed by atoms with Crippen LogP contribution in [0.25, 0.3) is 0 Å². The second-order valence-corrected chi connectivity index (χ2v) is 7.67. The van der Waals surface area contributed by atoms with Gasteiger partial charge in [-0.15, -0.1) is 0 Å². The lowest BCUT2D eigenvalue weighted by Crippen LogP contribution is -2.29. The summed E-state index contributed by atoms with van der Waals surface area (Å²) in [6.07, 6.45) is 4.81. The van der Waals surface area contributed by atoms with E-state index in [1.54, 1.807) is 0 Å². The maximum Gasteiger partial charge on any atom is 0.0436 e. The van der Waals surface area contributed by atoms with Gasteiger partial charge in [-0.25, -0.2) is 0 Å². The molecule has 0 saturated heterocycles. The Morgan fingerprint density at radius 2 is 1.95 bits per heavy atom. The number of nitrogens with one attached hydrogen (secondary N) is 1. The van der Waals surface area contributed by atoms with Crippen molar-refractivity contribution in [2.24, 2.45) is 0 Å². The predicted molar refractivity (Wildman–Crippen MR) is 87.6 cm³/mol. The highest BCUT2D eigenvalue weighted by molar-refractivity contribution is 7.85. The highest BCUT2D eigenvalue weighted by Gasteiger charge is 2.24. The lowest BCUT2D eigenvalue weighted by molar-refractivity contribution is 0.590. The molecule has 112 valence electrons. The second kappa shape index (κ2) is 7.37. The summed E-state index contributed by atoms with van der Waals surface area (Å²) in [7, 11) is -0.702. The van der Waals surface area contributed by atoms with Gasteiger partial charge < -0.3 is 5.32 Å². The summed E-state index contributed by atoms with van der Waals surface area (Å²) in [6.45, 7) is 7.32. The van der Waals surface area contributed by atoms with E-state index in [4.69, 9.17) is 0 Å². The Hall–Kier alpha value is -0.670. The quantitative estimate of drug-likeness (QED) is 0.867. The van der Waals surface area contributed by atoms with Crippen LogP contribution in [0.1, 0.15) is 55.3 Å². The van der Waals surface area contributed by atoms with Gasteiger partial charge in [0.05, 0.1) is 0 Å². The van der Waals surface area contributed by atoms with E-state index in [0.29, 0.717) is 5.25 Å². The monoisotopic (exact) mass is 293 g/mol. The average molecular weight is 293 g/mol. The first-order valence-corrected chi connectivity index (χ1v) is 9.17. The molecule has 0 aromatic heterocycles. The molecule has 1 aliphatic rings. The Kier molecular flexibility index (Phi) is 5.79. The molecule has 2 nitrogen and oxygen atoms in total. The topological polar surface area (TPSA) is 29.1 Å². The molecular weight excluding hydrogens is 266 g/mol. The Morgan fingerprint density at radius 3 is 2.55 bits per heavy atom. The summed E-state index contributed by atoms with van der Waals surface area (Å²) in [5.74, 6) is 0.751. The largest absolute Gasteiger partial charge is 0.309 e. The lowest BCUT2D eigenvalue weighted by atomic mass is 10.0. The minimum atomic E-state index is -0.702. The number of hydrogen-bond donors (Lipinski definition) is 1. The van der Waals surface area contributed by atoms with E-state index < -0.39 is 10.8 Å². The van der Waals surface area contributed by atoms with E-state index in [2.05, 4.69) is 44.3 Å². The van der Waals surface area contributed by atoms with E-state index in [-0.39, 0.29) is 6.04 Å². The first-order chi connectivity index (χ1) is 9.61. The summed E-state index contributed by atoms with van der Waals surface area (Å²) < 4.78 is 12.5. The molecule has 0 amide bonds. The fourth-order valence-corrected chi connectivity index (χ4v) is 4.72. The van der Waals surface area contributed by atoms with Gasteiger partial charge in [0.15, 0.2) is 0 Å². The SMILES string of the molecule is CCNC(CS(=O)C1CCCC1)c1ccc(C)c(C)c1. The molecule has 1 aliphatic carbocycles. The van der Waals surface area contributed by atoms with Crippen molar-refractivity contribution in [3.05, 3.63) is 34.9 Å². The van der Waals surface area contributed by atoms with Gasteiger partial charge in [0.1, 0.15) is 0 Å². The molecule has 1 saturated carbocycles. The summed E-state index contributed by atoms with van der Waals surface area (Å²) in [4.78, 5) is 0. The van der Waals surface area contributed by atoms with Crippen LogP contribution in [-0.2, 0) is 10.8 Å². The molecule has 0 heterocycles. The minimum Gasteiger partial charge on any atom is -0.309 e. The van der Waals surface area contributed by atoms with Crippen molar-refractivity contribution in [1.29, 1.82) is 0 Å². The highest BCUT2D eigenvalue weighted by Crippen LogP contribution is 2.26. The third-order valence-corrected chi connectivity index (χ3v) is 6.27. The fraction of sp³-hybridized carbons (Fsp3) is 0.647. The van der Waals surface area contributed by atoms with Gasteiger partial charge in [-0.05, 0) is 49.9 Å². The van der Waals surface area contributed by atoms with Crippen LogP contribution in [0.15, 0.2) is 18.2 Å². The van der Waals surface area contributed by atoms with Crippen LogP contribution >= 0.6 is 0 Å². The van der Waals surface area contributed by atoms with Crippen molar-refractivity contribution < 1.29 is 4.21 Å². The Balaban J connectivity index is 2.09. The van der Waals surface area contributed by atoms with Gasteiger partial charge in [-0.2, -0.15) is 0 Å². The molecule has 3 heteroatoms. The second-order valence-electron chi connectivity index (χ2n) is 5.91. The molecule has 1 aromatic rings. The highest BCUT2D eigenvalue weighted by atomic mass is 32.2. The van der Waals surface area contributed by atoms with Crippen molar-refractivity contribution in [2.75, 3.05) is 12.3 Å². The Morgan fingerprint density at radius 1 is 1.25 bits per heavy atom. The molecule has 1 fully saturated rings. The van der Waals surface area contributed by atoms with E-state index in [0.717, 1.165) is 25.1 Å². The van der Waals surface area contributed by atoms with Crippen molar-refractivity contribution in [3.63, 3.8) is 0 Å². The van der Waals surface area contributed by atoms with Gasteiger partial charge in [0.2, 0.25) is 0 Å². The van der Waals surface area contributed by atoms with Crippen molar-refractivity contribution in [2.45, 2.75) is 57.7 Å². The van der Waals surface area contributed by atoms with Crippen LogP contribution < -0.4 is 5.32 Å². The molecule has 0 radical (unpaired) electrons. The third-order valence-electron chi connectivity index (χ3n) is 4.39. The van der Waals surface area contributed by atoms with Crippen molar-refractivity contribution in [1.82, 2.24) is 5.32 Å². The molecule has 1 aromatic carbocycles. The maximum atomic E-state index is 12.5. The van der Waals surface area contributed by atoms with Gasteiger partial charge in [0, 0.05) is 27.8 Å². The molecule has 0 bridgehead atoms. The van der Waals surface area contributed by atoms with E-state index >= 15 is 0 Å². The molecular formula is C17H27NOS. The summed E-state index contributed by atoms with van der Waals surface area (Å²) in [6, 6.07) is 6.82. The standard InChI is InChI=1S/C17H27NOS/c1-4-18-17(12-20(19)16-7-5-6-8-16)15-10-9-13(2)14(3)11-15/h9-11,16-18H,4-8,12H2,1-3H3. The van der Waals surface area contributed by atoms with Crippen molar-refractivity contribution >= 4 is 10.8 Å². The maximum absolute atomic E-state index is 12.5. The molecule has 2 unspecified atom stereocenters. The number of hydrogen-bond acceptors (Lipinski definition) is 2. The van der Waals surface area contributed by atoms with Gasteiger partial charge >= 0.3 is 0 Å². The molecule has 20 heavy (non-hydrogen) atoms. The summed E-state index contributed by atoms with van der Waals surface area (Å²) in [5.41, 5.74) is 3.92. The molecule has 0 aliphatic heterocycles. The zero-order chi connectivity index (χ0) is 14.5. The molecule has 2 rings (SSSR count). The van der Waals surface area contributed by atoms with E-state index in [1.165, 1.54) is 29.5 Å². The molecule has 0 spiro atoms. The van der Waals surface area contributed by atoms with Gasteiger partial charge in [0.25, 0.3) is 0 Å². The van der Waals surface area contributed by atoms with Crippen LogP contribution in [0.5, 0.6) is 0 Å².